The number of piperidine rings is 1. The first-order valence-corrected chi connectivity index (χ1v) is 8.17. The van der Waals surface area contributed by atoms with Crippen LogP contribution in [0.5, 0.6) is 0 Å². The SMILES string of the molecule is O=C1CCC(N2Cc3c(NC(=O)CCCl)cccc3C2=O)C(=O)N1. The Morgan fingerprint density at radius 1 is 1.33 bits per heavy atom. The fraction of sp³-hybridized carbons (Fsp3) is 0.375. The highest BCUT2D eigenvalue weighted by molar-refractivity contribution is 6.19. The largest absolute Gasteiger partial charge is 0.326 e. The molecule has 7 nitrogen and oxygen atoms in total. The lowest BCUT2D eigenvalue weighted by Gasteiger charge is -2.29. The summed E-state index contributed by atoms with van der Waals surface area (Å²) in [5.74, 6) is -1.07. The van der Waals surface area contributed by atoms with Crippen LogP contribution in [0.2, 0.25) is 0 Å². The maximum Gasteiger partial charge on any atom is 0.255 e. The molecule has 0 radical (unpaired) electrons. The van der Waals surface area contributed by atoms with Crippen LogP contribution in [0, 0.1) is 0 Å². The molecule has 1 saturated heterocycles. The third-order valence-electron chi connectivity index (χ3n) is 4.18. The molecule has 1 aromatic carbocycles. The number of alkyl halides is 1. The summed E-state index contributed by atoms with van der Waals surface area (Å²) in [5.41, 5.74) is 1.68. The maximum atomic E-state index is 12.6. The molecule has 0 saturated carbocycles. The van der Waals surface area contributed by atoms with Gasteiger partial charge in [-0.1, -0.05) is 6.07 Å². The summed E-state index contributed by atoms with van der Waals surface area (Å²) >= 11 is 5.56. The van der Waals surface area contributed by atoms with Gasteiger partial charge in [-0.25, -0.2) is 0 Å². The lowest BCUT2D eigenvalue weighted by atomic mass is 10.0. The van der Waals surface area contributed by atoms with Crippen LogP contribution in [-0.2, 0) is 20.9 Å². The van der Waals surface area contributed by atoms with Crippen LogP contribution < -0.4 is 10.6 Å². The summed E-state index contributed by atoms with van der Waals surface area (Å²) in [4.78, 5) is 49.1. The van der Waals surface area contributed by atoms with E-state index in [1.807, 2.05) is 0 Å². The summed E-state index contributed by atoms with van der Waals surface area (Å²) in [6.07, 6.45) is 0.685. The number of imide groups is 1. The Labute approximate surface area is 143 Å². The van der Waals surface area contributed by atoms with E-state index in [1.54, 1.807) is 18.2 Å². The minimum atomic E-state index is -0.672. The second-order valence-corrected chi connectivity index (χ2v) is 6.10. The number of anilines is 1. The molecule has 0 bridgehead atoms. The third-order valence-corrected chi connectivity index (χ3v) is 4.37. The number of nitrogens with zero attached hydrogens (tertiary/aromatic N) is 1. The molecule has 8 heteroatoms. The van der Waals surface area contributed by atoms with E-state index in [0.717, 1.165) is 0 Å². The molecular formula is C16H16ClN3O4. The topological polar surface area (TPSA) is 95.6 Å². The van der Waals surface area contributed by atoms with Gasteiger partial charge in [0, 0.05) is 42.1 Å². The van der Waals surface area contributed by atoms with Crippen molar-refractivity contribution in [2.75, 3.05) is 11.2 Å². The van der Waals surface area contributed by atoms with Crippen LogP contribution in [0.25, 0.3) is 0 Å². The minimum absolute atomic E-state index is 0.177. The standard InChI is InChI=1S/C16H16ClN3O4/c17-7-6-14(22)18-11-3-1-2-9-10(11)8-20(16(9)24)12-4-5-13(21)19-15(12)23/h1-3,12H,4-8H2,(H,18,22)(H,19,21,23). The minimum Gasteiger partial charge on any atom is -0.326 e. The summed E-state index contributed by atoms with van der Waals surface area (Å²) in [7, 11) is 0. The number of rotatable bonds is 4. The second kappa shape index (κ2) is 6.60. The van der Waals surface area contributed by atoms with Gasteiger partial charge in [0.25, 0.3) is 5.91 Å². The molecule has 24 heavy (non-hydrogen) atoms. The molecule has 2 aliphatic heterocycles. The van der Waals surface area contributed by atoms with E-state index in [1.165, 1.54) is 4.90 Å². The Morgan fingerprint density at radius 3 is 2.83 bits per heavy atom. The number of hydrogen-bond donors (Lipinski definition) is 2. The first-order chi connectivity index (χ1) is 11.5. The number of carbonyl (C=O) groups is 4. The third kappa shape index (κ3) is 2.99. The van der Waals surface area contributed by atoms with Crippen molar-refractivity contribution >= 4 is 40.9 Å². The Balaban J connectivity index is 1.83. The van der Waals surface area contributed by atoms with Crippen molar-refractivity contribution in [1.29, 1.82) is 0 Å². The van der Waals surface area contributed by atoms with Crippen LogP contribution >= 0.6 is 11.6 Å². The van der Waals surface area contributed by atoms with E-state index in [0.29, 0.717) is 23.2 Å². The van der Waals surface area contributed by atoms with Crippen LogP contribution in [-0.4, -0.2) is 40.5 Å². The highest BCUT2D eigenvalue weighted by atomic mass is 35.5. The lowest BCUT2D eigenvalue weighted by Crippen LogP contribution is -2.52. The fourth-order valence-electron chi connectivity index (χ4n) is 3.00. The average molecular weight is 350 g/mol. The van der Waals surface area contributed by atoms with Crippen LogP contribution in [0.4, 0.5) is 5.69 Å². The molecule has 3 rings (SSSR count). The van der Waals surface area contributed by atoms with Gasteiger partial charge in [-0.05, 0) is 18.6 Å². The second-order valence-electron chi connectivity index (χ2n) is 5.72. The van der Waals surface area contributed by atoms with Crippen molar-refractivity contribution in [2.45, 2.75) is 31.8 Å². The Bertz CT molecular complexity index is 734. The first-order valence-electron chi connectivity index (χ1n) is 7.63. The molecule has 2 aliphatic rings. The number of halogens is 1. The van der Waals surface area contributed by atoms with Crippen molar-refractivity contribution < 1.29 is 19.2 Å². The van der Waals surface area contributed by atoms with E-state index in [-0.39, 0.29) is 43.0 Å². The molecule has 2 N–H and O–H groups in total. The highest BCUT2D eigenvalue weighted by Crippen LogP contribution is 2.32. The average Bonchev–Trinajstić information content (AvgIpc) is 2.86. The van der Waals surface area contributed by atoms with Gasteiger partial charge in [-0.2, -0.15) is 0 Å². The van der Waals surface area contributed by atoms with Crippen LogP contribution in [0.1, 0.15) is 35.2 Å². The smallest absolute Gasteiger partial charge is 0.255 e. The van der Waals surface area contributed by atoms with Gasteiger partial charge in [-0.15, -0.1) is 11.6 Å². The van der Waals surface area contributed by atoms with Gasteiger partial charge in [0.1, 0.15) is 6.04 Å². The fourth-order valence-corrected chi connectivity index (χ4v) is 3.17. The molecule has 0 spiro atoms. The van der Waals surface area contributed by atoms with E-state index in [4.69, 9.17) is 11.6 Å². The quantitative estimate of drug-likeness (QED) is 0.626. The maximum absolute atomic E-state index is 12.6. The van der Waals surface area contributed by atoms with Gasteiger partial charge in [-0.3, -0.25) is 24.5 Å². The number of amides is 4. The number of hydrogen-bond acceptors (Lipinski definition) is 4. The van der Waals surface area contributed by atoms with Gasteiger partial charge < -0.3 is 10.2 Å². The van der Waals surface area contributed by atoms with Gasteiger partial charge in [0.15, 0.2) is 0 Å². The first kappa shape index (κ1) is 16.4. The summed E-state index contributed by atoms with van der Waals surface area (Å²) in [5, 5.41) is 5.01. The summed E-state index contributed by atoms with van der Waals surface area (Å²) < 4.78 is 0. The zero-order chi connectivity index (χ0) is 17.3. The number of fused-ring (bicyclic) bond motifs is 1. The van der Waals surface area contributed by atoms with Crippen molar-refractivity contribution in [3.63, 3.8) is 0 Å². The molecule has 0 aliphatic carbocycles. The number of benzene rings is 1. The zero-order valence-electron chi connectivity index (χ0n) is 12.8. The van der Waals surface area contributed by atoms with Crippen molar-refractivity contribution in [2.24, 2.45) is 0 Å². The number of nitrogens with one attached hydrogen (secondary N) is 2. The van der Waals surface area contributed by atoms with E-state index >= 15 is 0 Å². The van der Waals surface area contributed by atoms with Crippen molar-refractivity contribution in [3.8, 4) is 0 Å². The predicted molar refractivity (Wildman–Crippen MR) is 86.5 cm³/mol. The Hall–Kier alpha value is -2.41. The molecule has 1 fully saturated rings. The van der Waals surface area contributed by atoms with Gasteiger partial charge in [0.05, 0.1) is 0 Å². The molecule has 1 unspecified atom stereocenters. The van der Waals surface area contributed by atoms with Gasteiger partial charge >= 0.3 is 0 Å². The normalized spacial score (nSPS) is 20.0. The molecule has 4 amide bonds. The van der Waals surface area contributed by atoms with Crippen molar-refractivity contribution in [3.05, 3.63) is 29.3 Å². The zero-order valence-corrected chi connectivity index (χ0v) is 13.6. The summed E-state index contributed by atoms with van der Waals surface area (Å²) in [6, 6.07) is 4.39. The molecule has 0 aromatic heterocycles. The molecular weight excluding hydrogens is 334 g/mol. The van der Waals surface area contributed by atoms with Crippen LogP contribution in [0.3, 0.4) is 0 Å². The summed E-state index contributed by atoms with van der Waals surface area (Å²) in [6.45, 7) is 0.220. The van der Waals surface area contributed by atoms with Crippen LogP contribution in [0.15, 0.2) is 18.2 Å². The molecule has 1 atom stereocenters. The van der Waals surface area contributed by atoms with Gasteiger partial charge in [0.2, 0.25) is 17.7 Å². The highest BCUT2D eigenvalue weighted by Gasteiger charge is 2.39. The van der Waals surface area contributed by atoms with E-state index < -0.39 is 11.9 Å². The van der Waals surface area contributed by atoms with E-state index in [9.17, 15) is 19.2 Å². The predicted octanol–water partition coefficient (Wildman–Crippen LogP) is 1.01. The lowest BCUT2D eigenvalue weighted by molar-refractivity contribution is -0.137. The molecule has 1 aromatic rings. The number of carbonyl (C=O) groups excluding carboxylic acids is 4. The van der Waals surface area contributed by atoms with Crippen molar-refractivity contribution in [1.82, 2.24) is 10.2 Å². The molecule has 126 valence electrons. The molecule has 2 heterocycles. The Kier molecular flexibility index (Phi) is 4.53. The Morgan fingerprint density at radius 2 is 2.12 bits per heavy atom. The van der Waals surface area contributed by atoms with E-state index in [2.05, 4.69) is 10.6 Å². The monoisotopic (exact) mass is 349 g/mol.